The van der Waals surface area contributed by atoms with Crippen LogP contribution in [0.25, 0.3) is 0 Å². The van der Waals surface area contributed by atoms with E-state index in [0.717, 1.165) is 31.6 Å². The molecular weight excluding hydrogens is 252 g/mol. The van der Waals surface area contributed by atoms with E-state index in [-0.39, 0.29) is 0 Å². The third-order valence-electron chi connectivity index (χ3n) is 5.02. The molecule has 0 radical (unpaired) electrons. The Morgan fingerprint density at radius 2 is 1.95 bits per heavy atom. The Balaban J connectivity index is 1.44. The lowest BCUT2D eigenvalue weighted by Crippen LogP contribution is -2.39. The Hall–Kier alpha value is -1.20. The van der Waals surface area contributed by atoms with E-state index in [1.807, 2.05) is 18.5 Å². The fourth-order valence-corrected chi connectivity index (χ4v) is 4.05. The zero-order valence-corrected chi connectivity index (χ0v) is 11.8. The molecule has 3 saturated heterocycles. The van der Waals surface area contributed by atoms with Crippen LogP contribution < -0.4 is 4.90 Å². The molecule has 5 nitrogen and oxygen atoms in total. The van der Waals surface area contributed by atoms with Gasteiger partial charge >= 0.3 is 0 Å². The van der Waals surface area contributed by atoms with Crippen molar-refractivity contribution in [3.63, 3.8) is 0 Å². The summed E-state index contributed by atoms with van der Waals surface area (Å²) in [6, 6.07) is 3.19. The van der Waals surface area contributed by atoms with Crippen molar-refractivity contribution < 1.29 is 4.74 Å². The molecule has 0 unspecified atom stereocenters. The first-order chi connectivity index (χ1) is 9.92. The van der Waals surface area contributed by atoms with Gasteiger partial charge in [0, 0.05) is 50.7 Å². The third-order valence-corrected chi connectivity index (χ3v) is 5.02. The smallest absolute Gasteiger partial charge is 0.225 e. The van der Waals surface area contributed by atoms with Crippen molar-refractivity contribution in [3.8, 4) is 0 Å². The van der Waals surface area contributed by atoms with Gasteiger partial charge in [0.25, 0.3) is 0 Å². The summed E-state index contributed by atoms with van der Waals surface area (Å²) in [4.78, 5) is 14.0. The van der Waals surface area contributed by atoms with Gasteiger partial charge in [0.1, 0.15) is 0 Å². The van der Waals surface area contributed by atoms with Crippen LogP contribution in [0.4, 0.5) is 5.95 Å². The number of hydrogen-bond donors (Lipinski definition) is 0. The molecule has 20 heavy (non-hydrogen) atoms. The lowest BCUT2D eigenvalue weighted by atomic mass is 10.1. The molecule has 0 bridgehead atoms. The molecule has 1 aromatic heterocycles. The fraction of sp³-hybridized carbons (Fsp3) is 0.733. The van der Waals surface area contributed by atoms with Gasteiger partial charge in [-0.05, 0) is 31.2 Å². The number of ether oxygens (including phenoxy) is 1. The van der Waals surface area contributed by atoms with Gasteiger partial charge < -0.3 is 9.64 Å². The van der Waals surface area contributed by atoms with E-state index in [1.54, 1.807) is 0 Å². The van der Waals surface area contributed by atoms with Crippen LogP contribution in [-0.2, 0) is 4.74 Å². The molecule has 3 fully saturated rings. The van der Waals surface area contributed by atoms with Gasteiger partial charge in [-0.15, -0.1) is 0 Å². The summed E-state index contributed by atoms with van der Waals surface area (Å²) >= 11 is 0. The Kier molecular flexibility index (Phi) is 3.32. The molecule has 0 spiro atoms. The summed E-state index contributed by atoms with van der Waals surface area (Å²) in [6.45, 7) is 5.44. The normalized spacial score (nSPS) is 33.8. The number of likely N-dealkylation sites (tertiary alicyclic amines) is 1. The summed E-state index contributed by atoms with van der Waals surface area (Å²) in [7, 11) is 0. The first kappa shape index (κ1) is 12.5. The molecule has 4 heterocycles. The second-order valence-electron chi connectivity index (χ2n) is 6.18. The Morgan fingerprint density at radius 3 is 2.75 bits per heavy atom. The molecule has 0 N–H and O–H groups in total. The van der Waals surface area contributed by atoms with Gasteiger partial charge in [0.15, 0.2) is 0 Å². The van der Waals surface area contributed by atoms with Crippen LogP contribution in [0.3, 0.4) is 0 Å². The number of aromatic nitrogens is 2. The average Bonchev–Trinajstić information content (AvgIpc) is 3.19. The topological polar surface area (TPSA) is 41.5 Å². The highest BCUT2D eigenvalue weighted by atomic mass is 16.5. The highest BCUT2D eigenvalue weighted by Gasteiger charge is 2.43. The number of hydrogen-bond acceptors (Lipinski definition) is 5. The molecule has 3 aliphatic heterocycles. The van der Waals surface area contributed by atoms with Crippen LogP contribution in [0.1, 0.15) is 19.3 Å². The average molecular weight is 274 g/mol. The van der Waals surface area contributed by atoms with Crippen molar-refractivity contribution in [2.24, 2.45) is 5.92 Å². The monoisotopic (exact) mass is 274 g/mol. The van der Waals surface area contributed by atoms with Crippen molar-refractivity contribution in [3.05, 3.63) is 18.5 Å². The Bertz CT molecular complexity index is 448. The quantitative estimate of drug-likeness (QED) is 0.827. The first-order valence-electron chi connectivity index (χ1n) is 7.77. The lowest BCUT2D eigenvalue weighted by molar-refractivity contribution is 0.162. The lowest BCUT2D eigenvalue weighted by Gasteiger charge is -2.27. The molecule has 4 rings (SSSR count). The summed E-state index contributed by atoms with van der Waals surface area (Å²) < 4.78 is 5.51. The fourth-order valence-electron chi connectivity index (χ4n) is 4.05. The summed E-state index contributed by atoms with van der Waals surface area (Å²) in [6.07, 6.45) is 7.42. The predicted molar refractivity (Wildman–Crippen MR) is 76.7 cm³/mol. The minimum Gasteiger partial charge on any atom is -0.381 e. The molecule has 0 aromatic carbocycles. The summed E-state index contributed by atoms with van der Waals surface area (Å²) in [5.74, 6) is 1.65. The number of anilines is 1. The van der Waals surface area contributed by atoms with E-state index >= 15 is 0 Å². The molecule has 1 aromatic rings. The predicted octanol–water partition coefficient (Wildman–Crippen LogP) is 1.17. The van der Waals surface area contributed by atoms with E-state index in [4.69, 9.17) is 4.74 Å². The van der Waals surface area contributed by atoms with Crippen LogP contribution in [-0.4, -0.2) is 59.8 Å². The molecule has 0 saturated carbocycles. The van der Waals surface area contributed by atoms with Crippen molar-refractivity contribution in [2.75, 3.05) is 37.7 Å². The highest BCUT2D eigenvalue weighted by molar-refractivity contribution is 5.35. The number of nitrogens with zero attached hydrogens (tertiary/aromatic N) is 4. The maximum atomic E-state index is 5.51. The molecule has 0 amide bonds. The SMILES string of the molecule is c1cnc(N2CC[C@@H]3[C@@H]2CCN3C[C@@H]2CCOC2)nc1. The van der Waals surface area contributed by atoms with Crippen LogP contribution in [0.5, 0.6) is 0 Å². The van der Waals surface area contributed by atoms with E-state index < -0.39 is 0 Å². The van der Waals surface area contributed by atoms with E-state index in [1.165, 1.54) is 32.4 Å². The Labute approximate surface area is 120 Å². The summed E-state index contributed by atoms with van der Waals surface area (Å²) in [5, 5.41) is 0. The number of rotatable bonds is 3. The molecule has 5 heteroatoms. The maximum absolute atomic E-state index is 5.51. The number of fused-ring (bicyclic) bond motifs is 1. The van der Waals surface area contributed by atoms with E-state index in [9.17, 15) is 0 Å². The zero-order chi connectivity index (χ0) is 13.4. The first-order valence-corrected chi connectivity index (χ1v) is 7.77. The van der Waals surface area contributed by atoms with Crippen molar-refractivity contribution in [2.45, 2.75) is 31.3 Å². The summed E-state index contributed by atoms with van der Waals surface area (Å²) in [5.41, 5.74) is 0. The van der Waals surface area contributed by atoms with Gasteiger partial charge in [-0.2, -0.15) is 0 Å². The van der Waals surface area contributed by atoms with Gasteiger partial charge in [-0.1, -0.05) is 0 Å². The standard InChI is InChI=1S/C15H22N4O/c1-5-16-15(17-6-1)19-8-3-13-14(19)2-7-18(13)10-12-4-9-20-11-12/h1,5-6,12-14H,2-4,7-11H2/t12-,13+,14-/m0/s1. The van der Waals surface area contributed by atoms with Gasteiger partial charge in [-0.3, -0.25) is 4.90 Å². The Morgan fingerprint density at radius 1 is 1.10 bits per heavy atom. The van der Waals surface area contributed by atoms with Gasteiger partial charge in [0.05, 0.1) is 6.61 Å². The van der Waals surface area contributed by atoms with Crippen molar-refractivity contribution in [1.82, 2.24) is 14.9 Å². The molecule has 108 valence electrons. The highest BCUT2D eigenvalue weighted by Crippen LogP contribution is 2.34. The van der Waals surface area contributed by atoms with Gasteiger partial charge in [-0.25, -0.2) is 9.97 Å². The largest absolute Gasteiger partial charge is 0.381 e. The second kappa shape index (κ2) is 5.30. The molecule has 3 atom stereocenters. The minimum absolute atomic E-state index is 0.611. The van der Waals surface area contributed by atoms with Crippen molar-refractivity contribution >= 4 is 5.95 Å². The third kappa shape index (κ3) is 2.19. The van der Waals surface area contributed by atoms with Crippen molar-refractivity contribution in [1.29, 1.82) is 0 Å². The molecule has 0 aliphatic carbocycles. The van der Waals surface area contributed by atoms with Crippen LogP contribution in [0, 0.1) is 5.92 Å². The van der Waals surface area contributed by atoms with Crippen LogP contribution in [0.2, 0.25) is 0 Å². The van der Waals surface area contributed by atoms with E-state index in [0.29, 0.717) is 12.1 Å². The maximum Gasteiger partial charge on any atom is 0.225 e. The van der Waals surface area contributed by atoms with Crippen LogP contribution >= 0.6 is 0 Å². The minimum atomic E-state index is 0.611. The zero-order valence-electron chi connectivity index (χ0n) is 11.8. The van der Waals surface area contributed by atoms with Gasteiger partial charge in [0.2, 0.25) is 5.95 Å². The second-order valence-corrected chi connectivity index (χ2v) is 6.18. The van der Waals surface area contributed by atoms with Crippen LogP contribution in [0.15, 0.2) is 18.5 Å². The molecular formula is C15H22N4O. The van der Waals surface area contributed by atoms with E-state index in [2.05, 4.69) is 19.8 Å². The molecule has 3 aliphatic rings.